The summed E-state index contributed by atoms with van der Waals surface area (Å²) in [7, 11) is -3.43. The van der Waals surface area contributed by atoms with Crippen LogP contribution < -0.4 is 5.73 Å². The molecule has 2 N–H and O–H groups in total. The van der Waals surface area contributed by atoms with Gasteiger partial charge in [0.1, 0.15) is 4.90 Å². The molecule has 21 heavy (non-hydrogen) atoms. The average Bonchev–Trinajstić information content (AvgIpc) is 2.88. The lowest BCUT2D eigenvalue weighted by atomic mass is 10.1. The Morgan fingerprint density at radius 1 is 1.33 bits per heavy atom. The molecule has 0 aromatic carbocycles. The first-order valence-corrected chi connectivity index (χ1v) is 9.23. The predicted molar refractivity (Wildman–Crippen MR) is 86.5 cm³/mol. The van der Waals surface area contributed by atoms with E-state index in [9.17, 15) is 8.42 Å². The van der Waals surface area contributed by atoms with E-state index >= 15 is 0 Å². The monoisotopic (exact) mass is 315 g/mol. The number of aromatic nitrogens is 1. The minimum absolute atomic E-state index is 0.353. The fourth-order valence-corrected chi connectivity index (χ4v) is 3.94. The SMILES string of the molecule is CCCn1cc(S(=O)(=O)N(CC)CC(C)CC)cc1CN. The van der Waals surface area contributed by atoms with Gasteiger partial charge in [0.2, 0.25) is 10.0 Å². The average molecular weight is 315 g/mol. The lowest BCUT2D eigenvalue weighted by Gasteiger charge is -2.22. The van der Waals surface area contributed by atoms with Crippen LogP contribution in [0.5, 0.6) is 0 Å². The zero-order chi connectivity index (χ0) is 16.0. The van der Waals surface area contributed by atoms with Crippen molar-refractivity contribution in [2.75, 3.05) is 13.1 Å². The van der Waals surface area contributed by atoms with Gasteiger partial charge >= 0.3 is 0 Å². The quantitative estimate of drug-likeness (QED) is 0.761. The van der Waals surface area contributed by atoms with Crippen molar-refractivity contribution >= 4 is 10.0 Å². The zero-order valence-electron chi connectivity index (χ0n) is 13.7. The number of nitrogens with zero attached hydrogens (tertiary/aromatic N) is 2. The molecule has 1 atom stereocenters. The van der Waals surface area contributed by atoms with Gasteiger partial charge in [0.25, 0.3) is 0 Å². The van der Waals surface area contributed by atoms with E-state index in [1.54, 1.807) is 16.6 Å². The van der Waals surface area contributed by atoms with Gasteiger partial charge in [0.05, 0.1) is 0 Å². The van der Waals surface area contributed by atoms with Gasteiger partial charge in [-0.3, -0.25) is 0 Å². The largest absolute Gasteiger partial charge is 0.349 e. The summed E-state index contributed by atoms with van der Waals surface area (Å²) in [6.45, 7) is 10.3. The van der Waals surface area contributed by atoms with E-state index in [-0.39, 0.29) is 0 Å². The third kappa shape index (κ3) is 4.31. The number of hydrogen-bond donors (Lipinski definition) is 1. The van der Waals surface area contributed by atoms with Gasteiger partial charge in [0, 0.05) is 38.1 Å². The number of hydrogen-bond acceptors (Lipinski definition) is 3. The number of sulfonamides is 1. The van der Waals surface area contributed by atoms with E-state index in [0.717, 1.165) is 25.1 Å². The first-order valence-electron chi connectivity index (χ1n) is 7.79. The third-order valence-corrected chi connectivity index (χ3v) is 5.74. The standard InChI is InChI=1S/C15H29N3O2S/c1-5-8-17-12-15(9-14(17)10-16)21(19,20)18(7-3)11-13(4)6-2/h9,12-13H,5-8,10-11,16H2,1-4H3. The van der Waals surface area contributed by atoms with Gasteiger partial charge in [-0.1, -0.05) is 34.1 Å². The van der Waals surface area contributed by atoms with Crippen LogP contribution in [0, 0.1) is 5.92 Å². The van der Waals surface area contributed by atoms with Crippen molar-refractivity contribution in [1.29, 1.82) is 0 Å². The molecular weight excluding hydrogens is 286 g/mol. The maximum Gasteiger partial charge on any atom is 0.244 e. The van der Waals surface area contributed by atoms with Crippen molar-refractivity contribution in [3.8, 4) is 0 Å². The van der Waals surface area contributed by atoms with E-state index < -0.39 is 10.0 Å². The fraction of sp³-hybridized carbons (Fsp3) is 0.733. The highest BCUT2D eigenvalue weighted by molar-refractivity contribution is 7.89. The van der Waals surface area contributed by atoms with E-state index in [1.165, 1.54) is 0 Å². The van der Waals surface area contributed by atoms with Crippen LogP contribution in [0.25, 0.3) is 0 Å². The van der Waals surface area contributed by atoms with Crippen molar-refractivity contribution < 1.29 is 8.42 Å². The molecule has 5 nitrogen and oxygen atoms in total. The Morgan fingerprint density at radius 3 is 2.48 bits per heavy atom. The van der Waals surface area contributed by atoms with Gasteiger partial charge in [-0.25, -0.2) is 8.42 Å². The maximum atomic E-state index is 12.8. The second-order valence-corrected chi connectivity index (χ2v) is 7.47. The molecule has 0 spiro atoms. The third-order valence-electron chi connectivity index (χ3n) is 3.84. The van der Waals surface area contributed by atoms with Crippen LogP contribution in [-0.4, -0.2) is 30.4 Å². The molecule has 122 valence electrons. The molecule has 0 aliphatic heterocycles. The Morgan fingerprint density at radius 2 is 2.00 bits per heavy atom. The molecule has 1 unspecified atom stereocenters. The first kappa shape index (κ1) is 18.2. The summed E-state index contributed by atoms with van der Waals surface area (Å²) in [6.07, 6.45) is 3.64. The van der Waals surface area contributed by atoms with Crippen molar-refractivity contribution in [2.24, 2.45) is 11.7 Å². The van der Waals surface area contributed by atoms with Gasteiger partial charge < -0.3 is 10.3 Å². The summed E-state index contributed by atoms with van der Waals surface area (Å²) in [5.41, 5.74) is 6.59. The van der Waals surface area contributed by atoms with Crippen LogP contribution >= 0.6 is 0 Å². The summed E-state index contributed by atoms with van der Waals surface area (Å²) in [4.78, 5) is 0.363. The van der Waals surface area contributed by atoms with Gasteiger partial charge in [0.15, 0.2) is 0 Å². The summed E-state index contributed by atoms with van der Waals surface area (Å²) in [5.74, 6) is 0.353. The molecule has 0 radical (unpaired) electrons. The Bertz CT molecular complexity index is 537. The van der Waals surface area contributed by atoms with Crippen LogP contribution in [0.15, 0.2) is 17.2 Å². The molecule has 0 amide bonds. The zero-order valence-corrected chi connectivity index (χ0v) is 14.5. The summed E-state index contributed by atoms with van der Waals surface area (Å²) < 4.78 is 29.1. The molecule has 0 aliphatic rings. The molecule has 1 rings (SSSR count). The second kappa shape index (κ2) is 7.96. The van der Waals surface area contributed by atoms with Gasteiger partial charge in [-0.05, 0) is 18.4 Å². The van der Waals surface area contributed by atoms with E-state index in [0.29, 0.717) is 30.4 Å². The molecule has 0 fully saturated rings. The minimum Gasteiger partial charge on any atom is -0.349 e. The topological polar surface area (TPSA) is 68.3 Å². The first-order chi connectivity index (χ1) is 9.90. The summed E-state index contributed by atoms with van der Waals surface area (Å²) in [5, 5.41) is 0. The van der Waals surface area contributed by atoms with Crippen LogP contribution in [-0.2, 0) is 23.1 Å². The van der Waals surface area contributed by atoms with E-state index in [1.807, 2.05) is 11.5 Å². The van der Waals surface area contributed by atoms with Crippen LogP contribution in [0.1, 0.15) is 46.2 Å². The predicted octanol–water partition coefficient (Wildman–Crippen LogP) is 2.41. The van der Waals surface area contributed by atoms with Gasteiger partial charge in [-0.2, -0.15) is 4.31 Å². The number of aryl methyl sites for hydroxylation is 1. The summed E-state index contributed by atoms with van der Waals surface area (Å²) >= 11 is 0. The molecule has 1 heterocycles. The highest BCUT2D eigenvalue weighted by Gasteiger charge is 2.26. The molecule has 0 saturated carbocycles. The Kier molecular flexibility index (Phi) is 6.90. The van der Waals surface area contributed by atoms with E-state index in [2.05, 4.69) is 20.8 Å². The lowest BCUT2D eigenvalue weighted by molar-refractivity contribution is 0.361. The Labute approximate surface area is 129 Å². The van der Waals surface area contributed by atoms with Crippen LogP contribution in [0.2, 0.25) is 0 Å². The smallest absolute Gasteiger partial charge is 0.244 e. The van der Waals surface area contributed by atoms with Crippen molar-refractivity contribution in [3.05, 3.63) is 18.0 Å². The normalized spacial score (nSPS) is 13.8. The van der Waals surface area contributed by atoms with Crippen molar-refractivity contribution in [2.45, 2.75) is 58.5 Å². The molecule has 0 bridgehead atoms. The highest BCUT2D eigenvalue weighted by Crippen LogP contribution is 2.21. The summed E-state index contributed by atoms with van der Waals surface area (Å²) in [6, 6.07) is 1.71. The second-order valence-electron chi connectivity index (χ2n) is 5.53. The maximum absolute atomic E-state index is 12.8. The Hall–Kier alpha value is -0.850. The lowest BCUT2D eigenvalue weighted by Crippen LogP contribution is -2.34. The van der Waals surface area contributed by atoms with E-state index in [4.69, 9.17) is 5.73 Å². The molecule has 1 aromatic rings. The molecule has 0 aliphatic carbocycles. The van der Waals surface area contributed by atoms with Crippen molar-refractivity contribution in [1.82, 2.24) is 8.87 Å². The minimum atomic E-state index is -3.43. The fourth-order valence-electron chi connectivity index (χ4n) is 2.31. The molecular formula is C15H29N3O2S. The van der Waals surface area contributed by atoms with Crippen LogP contribution in [0.3, 0.4) is 0 Å². The molecule has 6 heteroatoms. The molecule has 1 aromatic heterocycles. The van der Waals surface area contributed by atoms with Crippen molar-refractivity contribution in [3.63, 3.8) is 0 Å². The number of rotatable bonds is 9. The van der Waals surface area contributed by atoms with Crippen LogP contribution in [0.4, 0.5) is 0 Å². The Balaban J connectivity index is 3.10. The number of nitrogens with two attached hydrogens (primary N) is 1. The molecule has 0 saturated heterocycles. The highest BCUT2D eigenvalue weighted by atomic mass is 32.2. The van der Waals surface area contributed by atoms with Gasteiger partial charge in [-0.15, -0.1) is 0 Å².